The highest BCUT2D eigenvalue weighted by atomic mass is 79.9. The lowest BCUT2D eigenvalue weighted by Crippen LogP contribution is -2.22. The normalized spacial score (nSPS) is 11.4. The summed E-state index contributed by atoms with van der Waals surface area (Å²) in [7, 11) is 0. The van der Waals surface area contributed by atoms with Gasteiger partial charge in [-0.2, -0.15) is 5.26 Å². The van der Waals surface area contributed by atoms with Crippen molar-refractivity contribution in [3.8, 4) is 6.07 Å². The summed E-state index contributed by atoms with van der Waals surface area (Å²) >= 11 is 3.20. The number of aromatic nitrogens is 3. The first-order valence-electron chi connectivity index (χ1n) is 4.91. The zero-order valence-corrected chi connectivity index (χ0v) is 10.9. The molecule has 0 aliphatic heterocycles. The van der Waals surface area contributed by atoms with Crippen LogP contribution >= 0.6 is 15.9 Å². The van der Waals surface area contributed by atoms with Gasteiger partial charge in [0.15, 0.2) is 11.4 Å². The fourth-order valence-corrected chi connectivity index (χ4v) is 1.71. The van der Waals surface area contributed by atoms with E-state index in [0.717, 1.165) is 0 Å². The number of hydrogen-bond donors (Lipinski definition) is 1. The molecule has 0 saturated heterocycles. The highest BCUT2D eigenvalue weighted by Crippen LogP contribution is 2.25. The van der Waals surface area contributed by atoms with Crippen LogP contribution in [0.15, 0.2) is 17.0 Å². The number of aromatic amines is 1. The molecule has 2 aromatic rings. The van der Waals surface area contributed by atoms with Crippen molar-refractivity contribution in [2.75, 3.05) is 0 Å². The number of carbonyl (C=O) groups excluding carboxylic acids is 1. The van der Waals surface area contributed by atoms with Crippen LogP contribution < -0.4 is 0 Å². The van der Waals surface area contributed by atoms with Crippen molar-refractivity contribution in [1.82, 2.24) is 15.0 Å². The molecule has 0 aliphatic carbocycles. The number of nitrogens with one attached hydrogen (secondary N) is 1. The van der Waals surface area contributed by atoms with Crippen LogP contribution in [0.1, 0.15) is 24.2 Å². The largest absolute Gasteiger partial charge is 0.344 e. The molecule has 0 unspecified atom stereocenters. The van der Waals surface area contributed by atoms with Crippen molar-refractivity contribution < 1.29 is 4.79 Å². The smallest absolute Gasteiger partial charge is 0.186 e. The number of rotatable bonds is 2. The number of ketones is 1. The van der Waals surface area contributed by atoms with Gasteiger partial charge in [0.1, 0.15) is 15.5 Å². The molecule has 1 N–H and O–H groups in total. The quantitative estimate of drug-likeness (QED) is 0.862. The molecular formula is C11H9BrN4O. The molecule has 2 heterocycles. The molecule has 86 valence electrons. The van der Waals surface area contributed by atoms with Crippen molar-refractivity contribution in [3.63, 3.8) is 0 Å². The fourth-order valence-electron chi connectivity index (χ4n) is 1.43. The highest BCUT2D eigenvalue weighted by molar-refractivity contribution is 9.10. The van der Waals surface area contributed by atoms with Crippen LogP contribution in [0.2, 0.25) is 0 Å². The van der Waals surface area contributed by atoms with Crippen LogP contribution in [0.25, 0.3) is 11.2 Å². The number of nitrogens with zero attached hydrogens (tertiary/aromatic N) is 3. The van der Waals surface area contributed by atoms with E-state index in [2.05, 4.69) is 30.9 Å². The molecule has 0 aromatic carbocycles. The number of H-pyrrole nitrogens is 1. The SMILES string of the molecule is CC(C)(C#N)C(=O)c1c[nH]c2ncc(Br)nc12. The number of carbonyl (C=O) groups is 1. The summed E-state index contributed by atoms with van der Waals surface area (Å²) in [6.07, 6.45) is 3.08. The third-order valence-electron chi connectivity index (χ3n) is 2.44. The monoisotopic (exact) mass is 292 g/mol. The van der Waals surface area contributed by atoms with Gasteiger partial charge in [0, 0.05) is 6.20 Å². The first-order valence-corrected chi connectivity index (χ1v) is 5.70. The summed E-state index contributed by atoms with van der Waals surface area (Å²) in [6, 6.07) is 1.99. The standard InChI is InChI=1S/C11H9BrN4O/c1-11(2,5-13)9(17)6-3-14-10-8(6)16-7(12)4-15-10/h3-4H,1-2H3,(H,14,15). The van der Waals surface area contributed by atoms with Crippen LogP contribution in [-0.2, 0) is 0 Å². The second kappa shape index (κ2) is 3.93. The van der Waals surface area contributed by atoms with E-state index in [4.69, 9.17) is 5.26 Å². The fraction of sp³-hybridized carbons (Fsp3) is 0.273. The van der Waals surface area contributed by atoms with Gasteiger partial charge in [-0.3, -0.25) is 4.79 Å². The topological polar surface area (TPSA) is 82.4 Å². The van der Waals surface area contributed by atoms with Crippen LogP contribution in [0.4, 0.5) is 0 Å². The first-order chi connectivity index (χ1) is 7.95. The van der Waals surface area contributed by atoms with Crippen molar-refractivity contribution in [1.29, 1.82) is 5.26 Å². The Morgan fingerprint density at radius 2 is 2.29 bits per heavy atom. The molecule has 2 rings (SSSR count). The van der Waals surface area contributed by atoms with E-state index in [1.54, 1.807) is 26.2 Å². The molecule has 5 nitrogen and oxygen atoms in total. The zero-order valence-electron chi connectivity index (χ0n) is 9.28. The number of Topliss-reactive ketones (excluding diaryl/α,β-unsaturated/α-hetero) is 1. The molecule has 2 aromatic heterocycles. The third-order valence-corrected chi connectivity index (χ3v) is 2.83. The van der Waals surface area contributed by atoms with E-state index >= 15 is 0 Å². The van der Waals surface area contributed by atoms with Crippen molar-refractivity contribution in [2.45, 2.75) is 13.8 Å². The lowest BCUT2D eigenvalue weighted by molar-refractivity contribution is 0.0893. The molecule has 0 spiro atoms. The Hall–Kier alpha value is -1.74. The molecule has 0 saturated carbocycles. The maximum atomic E-state index is 12.2. The third kappa shape index (κ3) is 1.94. The van der Waals surface area contributed by atoms with Gasteiger partial charge >= 0.3 is 0 Å². The Bertz CT molecular complexity index is 638. The Balaban J connectivity index is 2.61. The predicted octanol–water partition coefficient (Wildman–Crippen LogP) is 2.45. The minimum Gasteiger partial charge on any atom is -0.344 e. The van der Waals surface area contributed by atoms with Gasteiger partial charge < -0.3 is 4.98 Å². The second-order valence-corrected chi connectivity index (χ2v) is 4.97. The molecule has 0 radical (unpaired) electrons. The van der Waals surface area contributed by atoms with Gasteiger partial charge in [-0.15, -0.1) is 0 Å². The van der Waals surface area contributed by atoms with E-state index in [1.807, 2.05) is 6.07 Å². The summed E-state index contributed by atoms with van der Waals surface area (Å²) < 4.78 is 0.549. The molecule has 6 heteroatoms. The van der Waals surface area contributed by atoms with E-state index in [9.17, 15) is 4.79 Å². The molecular weight excluding hydrogens is 284 g/mol. The van der Waals surface area contributed by atoms with Gasteiger partial charge in [-0.1, -0.05) is 0 Å². The summed E-state index contributed by atoms with van der Waals surface area (Å²) in [6.45, 7) is 3.17. The van der Waals surface area contributed by atoms with Gasteiger partial charge in [-0.25, -0.2) is 9.97 Å². The molecule has 0 fully saturated rings. The van der Waals surface area contributed by atoms with Gasteiger partial charge in [0.2, 0.25) is 0 Å². The Morgan fingerprint density at radius 3 is 2.94 bits per heavy atom. The average Bonchev–Trinajstić information content (AvgIpc) is 2.70. The van der Waals surface area contributed by atoms with E-state index in [1.165, 1.54) is 0 Å². The zero-order chi connectivity index (χ0) is 12.6. The molecule has 0 atom stereocenters. The number of fused-ring (bicyclic) bond motifs is 1. The Morgan fingerprint density at radius 1 is 1.59 bits per heavy atom. The van der Waals surface area contributed by atoms with E-state index in [0.29, 0.717) is 21.3 Å². The molecule has 17 heavy (non-hydrogen) atoms. The van der Waals surface area contributed by atoms with Crippen LogP contribution in [0.3, 0.4) is 0 Å². The molecule has 0 bridgehead atoms. The molecule has 0 amide bonds. The number of nitriles is 1. The van der Waals surface area contributed by atoms with E-state index in [-0.39, 0.29) is 5.78 Å². The maximum Gasteiger partial charge on any atom is 0.186 e. The Kier molecular flexibility index (Phi) is 2.71. The average molecular weight is 293 g/mol. The summed E-state index contributed by atoms with van der Waals surface area (Å²) in [5.74, 6) is -0.265. The van der Waals surface area contributed by atoms with E-state index < -0.39 is 5.41 Å². The van der Waals surface area contributed by atoms with Crippen molar-refractivity contribution in [3.05, 3.63) is 22.6 Å². The van der Waals surface area contributed by atoms with Gasteiger partial charge in [0.05, 0.1) is 17.8 Å². The van der Waals surface area contributed by atoms with Crippen LogP contribution in [0, 0.1) is 16.7 Å². The van der Waals surface area contributed by atoms with Crippen LogP contribution in [-0.4, -0.2) is 20.7 Å². The van der Waals surface area contributed by atoms with Crippen molar-refractivity contribution >= 4 is 32.9 Å². The molecule has 0 aliphatic rings. The Labute approximate surface area is 106 Å². The lowest BCUT2D eigenvalue weighted by Gasteiger charge is -2.11. The predicted molar refractivity (Wildman–Crippen MR) is 65.3 cm³/mol. The number of hydrogen-bond acceptors (Lipinski definition) is 4. The minimum atomic E-state index is -1.07. The lowest BCUT2D eigenvalue weighted by atomic mass is 9.86. The first kappa shape index (κ1) is 11.7. The number of halogens is 1. The minimum absolute atomic E-state index is 0.265. The highest BCUT2D eigenvalue weighted by Gasteiger charge is 2.30. The van der Waals surface area contributed by atoms with Gasteiger partial charge in [0.25, 0.3) is 0 Å². The summed E-state index contributed by atoms with van der Waals surface area (Å²) in [5, 5.41) is 8.96. The van der Waals surface area contributed by atoms with Crippen molar-refractivity contribution in [2.24, 2.45) is 5.41 Å². The van der Waals surface area contributed by atoms with Gasteiger partial charge in [-0.05, 0) is 29.8 Å². The maximum absolute atomic E-state index is 12.2. The van der Waals surface area contributed by atoms with Crippen LogP contribution in [0.5, 0.6) is 0 Å². The summed E-state index contributed by atoms with van der Waals surface area (Å²) in [4.78, 5) is 23.3. The summed E-state index contributed by atoms with van der Waals surface area (Å²) in [5.41, 5.74) is 0.331. The second-order valence-electron chi connectivity index (χ2n) is 4.16.